The molecule has 0 aliphatic carbocycles. The second-order valence-electron chi connectivity index (χ2n) is 6.87. The highest BCUT2D eigenvalue weighted by Gasteiger charge is 2.13. The zero-order chi connectivity index (χ0) is 22.9. The van der Waals surface area contributed by atoms with E-state index >= 15 is 0 Å². The molecule has 12 heteroatoms. The molecule has 0 aliphatic heterocycles. The van der Waals surface area contributed by atoms with Crippen LogP contribution in [0.3, 0.4) is 0 Å². The SMILES string of the molecule is NS(=O)(=O)c1ccc(-n2c(=O)[nH]c3nc(NCCc4cccc(F)c4)ncc3c2=O)cc1. The molecule has 4 N–H and O–H groups in total. The summed E-state index contributed by atoms with van der Waals surface area (Å²) in [5.74, 6) is -0.128. The quantitative estimate of drug-likeness (QED) is 0.390. The number of rotatable bonds is 6. The molecule has 4 aromatic rings. The first-order chi connectivity index (χ1) is 15.2. The number of H-pyrrole nitrogens is 1. The van der Waals surface area contributed by atoms with E-state index in [0.717, 1.165) is 10.1 Å². The predicted molar refractivity (Wildman–Crippen MR) is 116 cm³/mol. The number of sulfonamides is 1. The van der Waals surface area contributed by atoms with Gasteiger partial charge in [0.15, 0.2) is 5.65 Å². The average Bonchev–Trinajstić information content (AvgIpc) is 2.73. The van der Waals surface area contributed by atoms with Crippen LogP contribution in [-0.2, 0) is 16.4 Å². The number of benzene rings is 2. The first kappa shape index (κ1) is 21.3. The fraction of sp³-hybridized carbons (Fsp3) is 0.100. The number of aromatic nitrogens is 4. The molecule has 4 rings (SSSR count). The first-order valence-corrected chi connectivity index (χ1v) is 10.9. The lowest BCUT2D eigenvalue weighted by molar-refractivity contribution is 0.598. The molecule has 164 valence electrons. The summed E-state index contributed by atoms with van der Waals surface area (Å²) in [7, 11) is -3.91. The molecule has 0 aliphatic rings. The molecule has 0 saturated carbocycles. The van der Waals surface area contributed by atoms with Gasteiger partial charge >= 0.3 is 5.69 Å². The third-order valence-electron chi connectivity index (χ3n) is 4.66. The van der Waals surface area contributed by atoms with E-state index in [-0.39, 0.29) is 33.4 Å². The molecule has 32 heavy (non-hydrogen) atoms. The Kier molecular flexibility index (Phi) is 5.55. The molecule has 0 atom stereocenters. The molecule has 0 fully saturated rings. The van der Waals surface area contributed by atoms with Gasteiger partial charge in [0.1, 0.15) is 11.2 Å². The Morgan fingerprint density at radius 2 is 1.88 bits per heavy atom. The van der Waals surface area contributed by atoms with Gasteiger partial charge in [0.05, 0.1) is 10.6 Å². The molecule has 2 heterocycles. The Balaban J connectivity index is 1.60. The van der Waals surface area contributed by atoms with Crippen molar-refractivity contribution in [3.63, 3.8) is 0 Å². The number of halogens is 1. The molecule has 0 bridgehead atoms. The third kappa shape index (κ3) is 4.40. The van der Waals surface area contributed by atoms with Crippen molar-refractivity contribution in [2.45, 2.75) is 11.3 Å². The van der Waals surface area contributed by atoms with Crippen molar-refractivity contribution in [1.29, 1.82) is 0 Å². The Labute approximate surface area is 180 Å². The number of anilines is 1. The number of nitrogens with zero attached hydrogens (tertiary/aromatic N) is 3. The van der Waals surface area contributed by atoms with E-state index in [0.29, 0.717) is 13.0 Å². The van der Waals surface area contributed by atoms with Gasteiger partial charge in [-0.05, 0) is 48.4 Å². The number of nitrogens with one attached hydrogen (secondary N) is 2. The second kappa shape index (κ2) is 8.32. The maximum atomic E-state index is 13.3. The van der Waals surface area contributed by atoms with Crippen LogP contribution < -0.4 is 21.7 Å². The fourth-order valence-electron chi connectivity index (χ4n) is 3.12. The second-order valence-corrected chi connectivity index (χ2v) is 8.43. The maximum Gasteiger partial charge on any atom is 0.334 e. The van der Waals surface area contributed by atoms with Gasteiger partial charge in [-0.15, -0.1) is 0 Å². The zero-order valence-corrected chi connectivity index (χ0v) is 17.3. The molecular weight excluding hydrogens is 439 g/mol. The van der Waals surface area contributed by atoms with Crippen molar-refractivity contribution in [2.75, 3.05) is 11.9 Å². The normalized spacial score (nSPS) is 11.6. The van der Waals surface area contributed by atoms with Crippen LogP contribution in [0.1, 0.15) is 5.56 Å². The highest BCUT2D eigenvalue weighted by molar-refractivity contribution is 7.89. The van der Waals surface area contributed by atoms with Crippen LogP contribution in [0.25, 0.3) is 16.7 Å². The van der Waals surface area contributed by atoms with Crippen molar-refractivity contribution < 1.29 is 12.8 Å². The summed E-state index contributed by atoms with van der Waals surface area (Å²) in [5, 5.41) is 8.10. The summed E-state index contributed by atoms with van der Waals surface area (Å²) in [6, 6.07) is 11.2. The molecule has 2 aromatic carbocycles. The lowest BCUT2D eigenvalue weighted by atomic mass is 10.1. The van der Waals surface area contributed by atoms with Crippen LogP contribution in [0.5, 0.6) is 0 Å². The Morgan fingerprint density at radius 1 is 1.12 bits per heavy atom. The highest BCUT2D eigenvalue weighted by Crippen LogP contribution is 2.12. The number of nitrogens with two attached hydrogens (primary N) is 1. The van der Waals surface area contributed by atoms with Gasteiger partial charge in [-0.1, -0.05) is 12.1 Å². The minimum absolute atomic E-state index is 0.0423. The predicted octanol–water partition coefficient (Wildman–Crippen LogP) is 0.910. The fourth-order valence-corrected chi connectivity index (χ4v) is 3.63. The number of fused-ring (bicyclic) bond motifs is 1. The van der Waals surface area contributed by atoms with Crippen LogP contribution in [0.4, 0.5) is 10.3 Å². The van der Waals surface area contributed by atoms with Gasteiger partial charge in [-0.3, -0.25) is 9.78 Å². The minimum Gasteiger partial charge on any atom is -0.354 e. The molecule has 10 nitrogen and oxygen atoms in total. The van der Waals surface area contributed by atoms with Gasteiger partial charge < -0.3 is 5.32 Å². The lowest BCUT2D eigenvalue weighted by Gasteiger charge is -2.08. The van der Waals surface area contributed by atoms with E-state index in [4.69, 9.17) is 5.14 Å². The standard InChI is InChI=1S/C20H17FN6O4S/c21-13-3-1-2-12(10-13)8-9-23-19-24-11-16-17(25-19)26-20(29)27(18(16)28)14-4-6-15(7-5-14)32(22,30)31/h1-7,10-11H,8-9H2,(H2,22,30,31)(H2,23,24,25,26,29). The number of aromatic amines is 1. The van der Waals surface area contributed by atoms with Gasteiger partial charge in [0.25, 0.3) is 5.56 Å². The molecule has 0 saturated heterocycles. The van der Waals surface area contributed by atoms with Crippen molar-refractivity contribution in [3.8, 4) is 5.69 Å². The molecule has 0 amide bonds. The molecule has 0 radical (unpaired) electrons. The van der Waals surface area contributed by atoms with E-state index in [1.165, 1.54) is 42.6 Å². The van der Waals surface area contributed by atoms with Crippen LogP contribution >= 0.6 is 0 Å². The van der Waals surface area contributed by atoms with E-state index in [9.17, 15) is 22.4 Å². The molecular formula is C20H17FN6O4S. The smallest absolute Gasteiger partial charge is 0.334 e. The summed E-state index contributed by atoms with van der Waals surface area (Å²) in [6.45, 7) is 0.409. The Bertz CT molecular complexity index is 1530. The maximum absolute atomic E-state index is 13.3. The first-order valence-electron chi connectivity index (χ1n) is 9.36. The van der Waals surface area contributed by atoms with Crippen molar-refractivity contribution in [3.05, 3.63) is 86.9 Å². The lowest BCUT2D eigenvalue weighted by Crippen LogP contribution is -2.34. The van der Waals surface area contributed by atoms with Crippen LogP contribution in [-0.4, -0.2) is 34.5 Å². The van der Waals surface area contributed by atoms with E-state index in [1.807, 2.05) is 0 Å². The summed E-state index contributed by atoms with van der Waals surface area (Å²) in [5.41, 5.74) is -0.430. The summed E-state index contributed by atoms with van der Waals surface area (Å²) >= 11 is 0. The Morgan fingerprint density at radius 3 is 2.56 bits per heavy atom. The van der Waals surface area contributed by atoms with Gasteiger partial charge in [-0.2, -0.15) is 4.98 Å². The van der Waals surface area contributed by atoms with Gasteiger partial charge in [-0.25, -0.2) is 32.3 Å². The molecule has 2 aromatic heterocycles. The summed E-state index contributed by atoms with van der Waals surface area (Å²) < 4.78 is 36.9. The van der Waals surface area contributed by atoms with Crippen LogP contribution in [0.2, 0.25) is 0 Å². The van der Waals surface area contributed by atoms with Crippen molar-refractivity contribution >= 4 is 27.0 Å². The molecule has 0 unspecified atom stereocenters. The highest BCUT2D eigenvalue weighted by atomic mass is 32.2. The topological polar surface area (TPSA) is 153 Å². The summed E-state index contributed by atoms with van der Waals surface area (Å²) in [4.78, 5) is 36.0. The zero-order valence-electron chi connectivity index (χ0n) is 16.4. The summed E-state index contributed by atoms with van der Waals surface area (Å²) in [6.07, 6.45) is 1.80. The van der Waals surface area contributed by atoms with Crippen LogP contribution in [0, 0.1) is 5.82 Å². The Hall–Kier alpha value is -3.90. The monoisotopic (exact) mass is 456 g/mol. The molecule has 0 spiro atoms. The number of hydrogen-bond donors (Lipinski definition) is 3. The third-order valence-corrected chi connectivity index (χ3v) is 5.59. The number of primary sulfonamides is 1. The van der Waals surface area contributed by atoms with Gasteiger partial charge in [0, 0.05) is 12.7 Å². The van der Waals surface area contributed by atoms with Gasteiger partial charge in [0.2, 0.25) is 16.0 Å². The van der Waals surface area contributed by atoms with E-state index < -0.39 is 21.3 Å². The van der Waals surface area contributed by atoms with Crippen LogP contribution in [0.15, 0.2) is 69.2 Å². The largest absolute Gasteiger partial charge is 0.354 e. The van der Waals surface area contributed by atoms with E-state index in [2.05, 4.69) is 20.3 Å². The average molecular weight is 456 g/mol. The van der Waals surface area contributed by atoms with Crippen molar-refractivity contribution in [1.82, 2.24) is 19.5 Å². The number of hydrogen-bond acceptors (Lipinski definition) is 7. The minimum atomic E-state index is -3.91. The van der Waals surface area contributed by atoms with E-state index in [1.54, 1.807) is 12.1 Å². The van der Waals surface area contributed by atoms with Crippen molar-refractivity contribution in [2.24, 2.45) is 5.14 Å².